The monoisotopic (exact) mass is 513 g/mol. The molecule has 2 amide bonds. The third-order valence-electron chi connectivity index (χ3n) is 7.62. The topological polar surface area (TPSA) is 112 Å². The number of rotatable bonds is 6. The van der Waals surface area contributed by atoms with E-state index in [1.165, 1.54) is 50.7 Å². The van der Waals surface area contributed by atoms with Crippen LogP contribution in [-0.2, 0) is 16.6 Å². The smallest absolute Gasteiger partial charge is 0.319 e. The van der Waals surface area contributed by atoms with E-state index in [2.05, 4.69) is 32.6 Å². The molecular formula is C27H39N5O3S. The summed E-state index contributed by atoms with van der Waals surface area (Å²) in [5.74, 6) is 0. The van der Waals surface area contributed by atoms with E-state index < -0.39 is 10.0 Å². The molecule has 1 saturated heterocycles. The molecular weight excluding hydrogens is 474 g/mol. The van der Waals surface area contributed by atoms with Gasteiger partial charge in [0, 0.05) is 43.3 Å². The Labute approximate surface area is 215 Å². The van der Waals surface area contributed by atoms with Crippen LogP contribution >= 0.6 is 0 Å². The largest absolute Gasteiger partial charge is 0.334 e. The van der Waals surface area contributed by atoms with E-state index in [4.69, 9.17) is 0 Å². The molecule has 36 heavy (non-hydrogen) atoms. The van der Waals surface area contributed by atoms with Crippen LogP contribution in [0.3, 0.4) is 0 Å². The predicted octanol–water partition coefficient (Wildman–Crippen LogP) is 4.55. The van der Waals surface area contributed by atoms with E-state index >= 15 is 0 Å². The molecule has 2 unspecified atom stereocenters. The normalized spacial score (nSPS) is 22.7. The third-order valence-corrected chi connectivity index (χ3v) is 9.13. The maximum absolute atomic E-state index is 13.2. The van der Waals surface area contributed by atoms with Crippen molar-refractivity contribution in [3.63, 3.8) is 0 Å². The second kappa shape index (κ2) is 12.2. The van der Waals surface area contributed by atoms with Crippen LogP contribution in [0.2, 0.25) is 0 Å². The molecule has 9 heteroatoms. The van der Waals surface area contributed by atoms with E-state index in [0.29, 0.717) is 12.2 Å². The number of benzene rings is 1. The zero-order valence-corrected chi connectivity index (χ0v) is 21.9. The van der Waals surface area contributed by atoms with Crippen LogP contribution in [0.25, 0.3) is 0 Å². The first-order valence-electron chi connectivity index (χ1n) is 13.1. The Morgan fingerprint density at radius 2 is 1.75 bits per heavy atom. The Bertz CT molecular complexity index is 1080. The highest BCUT2D eigenvalue weighted by Gasteiger charge is 2.40. The Hall–Kier alpha value is -2.49. The summed E-state index contributed by atoms with van der Waals surface area (Å²) in [5.41, 5.74) is 1.58. The fraction of sp³-hybridized carbons (Fsp3) is 0.556. The molecule has 2 aliphatic rings. The molecule has 4 rings (SSSR count). The van der Waals surface area contributed by atoms with Gasteiger partial charge in [0.05, 0.1) is 4.90 Å². The number of pyridine rings is 1. The first-order valence-corrected chi connectivity index (χ1v) is 14.6. The second-order valence-corrected chi connectivity index (χ2v) is 12.1. The molecule has 8 nitrogen and oxygen atoms in total. The number of carbonyl (C=O) groups excluding carboxylic acids is 1. The van der Waals surface area contributed by atoms with Crippen LogP contribution in [0.5, 0.6) is 0 Å². The van der Waals surface area contributed by atoms with Gasteiger partial charge in [0.15, 0.2) is 0 Å². The van der Waals surface area contributed by atoms with E-state index in [1.54, 1.807) is 24.5 Å². The van der Waals surface area contributed by atoms with Gasteiger partial charge in [-0.05, 0) is 67.5 Å². The van der Waals surface area contributed by atoms with E-state index in [0.717, 1.165) is 31.4 Å². The Morgan fingerprint density at radius 1 is 1.06 bits per heavy atom. The number of carbonyl (C=O) groups is 1. The van der Waals surface area contributed by atoms with Gasteiger partial charge in [-0.1, -0.05) is 44.6 Å². The molecule has 1 spiro atoms. The summed E-state index contributed by atoms with van der Waals surface area (Å²) in [7, 11) is -3.69. The number of aromatic nitrogens is 1. The van der Waals surface area contributed by atoms with Crippen LogP contribution in [0.1, 0.15) is 70.3 Å². The number of hydrogen-bond donors (Lipinski definition) is 4. The number of urea groups is 1. The summed E-state index contributed by atoms with van der Waals surface area (Å²) in [6.07, 6.45) is 14.2. The van der Waals surface area contributed by atoms with Crippen LogP contribution in [0.15, 0.2) is 53.7 Å². The molecule has 1 aromatic carbocycles. The molecule has 1 aliphatic heterocycles. The fourth-order valence-corrected chi connectivity index (χ4v) is 6.75. The molecule has 2 atom stereocenters. The minimum absolute atomic E-state index is 0.0717. The second-order valence-electron chi connectivity index (χ2n) is 10.4. The van der Waals surface area contributed by atoms with Gasteiger partial charge >= 0.3 is 6.03 Å². The van der Waals surface area contributed by atoms with Gasteiger partial charge in [0.2, 0.25) is 10.0 Å². The number of sulfonamides is 1. The van der Waals surface area contributed by atoms with Crippen LogP contribution in [-0.4, -0.2) is 38.1 Å². The minimum atomic E-state index is -3.69. The SMILES string of the molecule is CC1NCC2(CCCCCCCC2)CC1NS(=O)(=O)c1ccc(NC(=O)NCc2cccnc2)cc1. The Kier molecular flexibility index (Phi) is 8.98. The average Bonchev–Trinajstić information content (AvgIpc) is 2.98. The first kappa shape index (κ1) is 26.6. The summed E-state index contributed by atoms with van der Waals surface area (Å²) in [5, 5.41) is 9.11. The Morgan fingerprint density at radius 3 is 2.42 bits per heavy atom. The van der Waals surface area contributed by atoms with Crippen molar-refractivity contribution < 1.29 is 13.2 Å². The van der Waals surface area contributed by atoms with Gasteiger partial charge in [-0.25, -0.2) is 17.9 Å². The van der Waals surface area contributed by atoms with Gasteiger partial charge in [-0.15, -0.1) is 0 Å². The molecule has 4 N–H and O–H groups in total. The van der Waals surface area contributed by atoms with Crippen LogP contribution < -0.4 is 20.7 Å². The first-order chi connectivity index (χ1) is 17.4. The predicted molar refractivity (Wildman–Crippen MR) is 142 cm³/mol. The summed E-state index contributed by atoms with van der Waals surface area (Å²) < 4.78 is 29.5. The molecule has 1 saturated carbocycles. The van der Waals surface area contributed by atoms with Crippen molar-refractivity contribution in [3.05, 3.63) is 54.4 Å². The molecule has 2 heterocycles. The standard InChI is InChI=1S/C27H39N5O3S/c1-21-25(17-27(20-30-21)14-6-4-2-3-5-7-15-27)32-36(34,35)24-12-10-23(11-13-24)31-26(33)29-19-22-9-8-16-28-18-22/h8-13,16,18,21,25,30,32H,2-7,14-15,17,19-20H2,1H3,(H2,29,31,33). The van der Waals surface area contributed by atoms with Crippen molar-refractivity contribution in [2.45, 2.75) is 88.2 Å². The van der Waals surface area contributed by atoms with Gasteiger partial charge in [0.1, 0.15) is 0 Å². The van der Waals surface area contributed by atoms with Crippen LogP contribution in [0, 0.1) is 5.41 Å². The lowest BCUT2D eigenvalue weighted by Crippen LogP contribution is -2.58. The molecule has 0 bridgehead atoms. The van der Waals surface area contributed by atoms with Crippen LogP contribution in [0.4, 0.5) is 10.5 Å². The lowest BCUT2D eigenvalue weighted by atomic mass is 9.70. The van der Waals surface area contributed by atoms with E-state index in [-0.39, 0.29) is 28.4 Å². The summed E-state index contributed by atoms with van der Waals surface area (Å²) in [4.78, 5) is 16.4. The van der Waals surface area contributed by atoms with Crippen molar-refractivity contribution in [1.29, 1.82) is 0 Å². The van der Waals surface area contributed by atoms with E-state index in [9.17, 15) is 13.2 Å². The van der Waals surface area contributed by atoms with Crippen molar-refractivity contribution in [3.8, 4) is 0 Å². The summed E-state index contributed by atoms with van der Waals surface area (Å²) in [6, 6.07) is 9.54. The maximum atomic E-state index is 13.2. The quantitative estimate of drug-likeness (QED) is 0.453. The lowest BCUT2D eigenvalue weighted by molar-refractivity contribution is 0.125. The number of anilines is 1. The van der Waals surface area contributed by atoms with Gasteiger partial charge < -0.3 is 16.0 Å². The number of amides is 2. The molecule has 2 fully saturated rings. The highest BCUT2D eigenvalue weighted by Crippen LogP contribution is 2.40. The molecule has 196 valence electrons. The molecule has 0 radical (unpaired) electrons. The number of piperidine rings is 1. The number of hydrogen-bond acceptors (Lipinski definition) is 5. The fourth-order valence-electron chi connectivity index (χ4n) is 5.44. The zero-order chi connectivity index (χ0) is 25.4. The van der Waals surface area contributed by atoms with Crippen molar-refractivity contribution in [1.82, 2.24) is 20.3 Å². The van der Waals surface area contributed by atoms with Crippen molar-refractivity contribution in [2.24, 2.45) is 5.41 Å². The average molecular weight is 514 g/mol. The lowest BCUT2D eigenvalue weighted by Gasteiger charge is -2.45. The van der Waals surface area contributed by atoms with Gasteiger partial charge in [-0.3, -0.25) is 4.98 Å². The van der Waals surface area contributed by atoms with Gasteiger partial charge in [0.25, 0.3) is 0 Å². The number of nitrogens with zero attached hydrogens (tertiary/aromatic N) is 1. The Balaban J connectivity index is 1.35. The maximum Gasteiger partial charge on any atom is 0.319 e. The number of nitrogens with one attached hydrogen (secondary N) is 4. The molecule has 1 aliphatic carbocycles. The van der Waals surface area contributed by atoms with Crippen molar-refractivity contribution >= 4 is 21.7 Å². The summed E-state index contributed by atoms with van der Waals surface area (Å²) >= 11 is 0. The highest BCUT2D eigenvalue weighted by molar-refractivity contribution is 7.89. The minimum Gasteiger partial charge on any atom is -0.334 e. The van der Waals surface area contributed by atoms with E-state index in [1.807, 2.05) is 12.1 Å². The highest BCUT2D eigenvalue weighted by atomic mass is 32.2. The van der Waals surface area contributed by atoms with Gasteiger partial charge in [-0.2, -0.15) is 0 Å². The molecule has 1 aromatic heterocycles. The zero-order valence-electron chi connectivity index (χ0n) is 21.1. The molecule has 2 aromatic rings. The summed E-state index contributed by atoms with van der Waals surface area (Å²) in [6.45, 7) is 3.38. The third kappa shape index (κ3) is 7.27. The van der Waals surface area contributed by atoms with Crippen molar-refractivity contribution in [2.75, 3.05) is 11.9 Å².